The van der Waals surface area contributed by atoms with Crippen molar-refractivity contribution in [2.24, 2.45) is 5.92 Å². The maximum Gasteiger partial charge on any atom is 0.328 e. The molecule has 0 unspecified atom stereocenters. The molecule has 0 bridgehead atoms. The van der Waals surface area contributed by atoms with Crippen LogP contribution in [-0.2, 0) is 6.54 Å². The summed E-state index contributed by atoms with van der Waals surface area (Å²) in [5.41, 5.74) is 3.09. The number of benzene rings is 1. The molecule has 9 heteroatoms. The van der Waals surface area contributed by atoms with E-state index in [0.29, 0.717) is 24.5 Å². The summed E-state index contributed by atoms with van der Waals surface area (Å²) in [5.74, 6) is -0.0471. The molecular formula is C22H27N5O3S. The zero-order valence-electron chi connectivity index (χ0n) is 18.3. The molecule has 164 valence electrons. The molecule has 4 rings (SSSR count). The Morgan fingerprint density at radius 1 is 1.16 bits per heavy atom. The van der Waals surface area contributed by atoms with Gasteiger partial charge in [-0.1, -0.05) is 26.0 Å². The van der Waals surface area contributed by atoms with Crippen molar-refractivity contribution in [3.63, 3.8) is 0 Å². The third-order valence-electron chi connectivity index (χ3n) is 5.63. The number of hydrogen-bond acceptors (Lipinski definition) is 6. The largest absolute Gasteiger partial charge is 0.368 e. The molecule has 0 atom stereocenters. The lowest BCUT2D eigenvalue weighted by atomic mass is 10.1. The first-order chi connectivity index (χ1) is 14.8. The maximum absolute atomic E-state index is 13.2. The summed E-state index contributed by atoms with van der Waals surface area (Å²) in [4.78, 5) is 45.4. The number of aryl methyl sites for hydroxylation is 2. The molecule has 0 saturated carbocycles. The summed E-state index contributed by atoms with van der Waals surface area (Å²) >= 11 is 0.978. The zero-order valence-corrected chi connectivity index (χ0v) is 19.1. The lowest BCUT2D eigenvalue weighted by Crippen LogP contribution is -2.49. The quantitative estimate of drug-likeness (QED) is 0.671. The van der Waals surface area contributed by atoms with Gasteiger partial charge in [-0.15, -0.1) is 0 Å². The lowest BCUT2D eigenvalue weighted by Gasteiger charge is -2.36. The van der Waals surface area contributed by atoms with E-state index in [1.165, 1.54) is 16.8 Å². The molecule has 3 heterocycles. The van der Waals surface area contributed by atoms with Crippen molar-refractivity contribution in [1.29, 1.82) is 0 Å². The van der Waals surface area contributed by atoms with E-state index in [1.807, 2.05) is 13.8 Å². The number of carbonyl (C=O) groups is 1. The van der Waals surface area contributed by atoms with Crippen LogP contribution in [0.25, 0.3) is 11.0 Å². The number of rotatable bonds is 4. The first-order valence-corrected chi connectivity index (χ1v) is 11.3. The number of amides is 1. The topological polar surface area (TPSA) is 91.3 Å². The van der Waals surface area contributed by atoms with Crippen molar-refractivity contribution < 1.29 is 4.79 Å². The first-order valence-electron chi connectivity index (χ1n) is 10.5. The highest BCUT2D eigenvalue weighted by molar-refractivity contribution is 7.09. The Bertz CT molecular complexity index is 1250. The summed E-state index contributed by atoms with van der Waals surface area (Å²) in [6, 6.07) is 6.40. The number of aromatic nitrogens is 3. The molecule has 1 aliphatic rings. The normalized spacial score (nSPS) is 14.6. The second-order valence-corrected chi connectivity index (χ2v) is 9.32. The Morgan fingerprint density at radius 3 is 2.55 bits per heavy atom. The van der Waals surface area contributed by atoms with E-state index in [4.69, 9.17) is 0 Å². The van der Waals surface area contributed by atoms with Crippen LogP contribution in [0.1, 0.15) is 34.6 Å². The molecule has 1 aliphatic heterocycles. The van der Waals surface area contributed by atoms with E-state index in [9.17, 15) is 14.4 Å². The average Bonchev–Trinajstić information content (AvgIpc) is 3.16. The Morgan fingerprint density at radius 2 is 1.87 bits per heavy atom. The minimum atomic E-state index is -0.500. The number of nitrogens with zero attached hydrogens (tertiary/aromatic N) is 4. The number of nitrogens with one attached hydrogen (secondary N) is 1. The lowest BCUT2D eigenvalue weighted by molar-refractivity contribution is 0.0753. The van der Waals surface area contributed by atoms with Gasteiger partial charge in [0.2, 0.25) is 0 Å². The Kier molecular flexibility index (Phi) is 5.70. The maximum atomic E-state index is 13.2. The van der Waals surface area contributed by atoms with E-state index in [1.54, 1.807) is 4.90 Å². The Labute approximate surface area is 184 Å². The molecule has 1 amide bonds. The van der Waals surface area contributed by atoms with Gasteiger partial charge in [-0.2, -0.15) is 4.37 Å². The smallest absolute Gasteiger partial charge is 0.328 e. The van der Waals surface area contributed by atoms with Crippen LogP contribution in [-0.4, -0.2) is 50.9 Å². The third-order valence-corrected chi connectivity index (χ3v) is 6.47. The fourth-order valence-electron chi connectivity index (χ4n) is 3.98. The van der Waals surface area contributed by atoms with Crippen molar-refractivity contribution in [3.8, 4) is 0 Å². The number of aromatic amines is 1. The van der Waals surface area contributed by atoms with Crippen LogP contribution < -0.4 is 16.1 Å². The zero-order chi connectivity index (χ0) is 22.3. The van der Waals surface area contributed by atoms with E-state index < -0.39 is 11.2 Å². The number of carbonyl (C=O) groups excluding carboxylic acids is 1. The summed E-state index contributed by atoms with van der Waals surface area (Å²) in [5, 5.41) is 0. The second-order valence-electron chi connectivity index (χ2n) is 8.54. The summed E-state index contributed by atoms with van der Waals surface area (Å²) in [6.45, 7) is 10.9. The number of hydrogen-bond donors (Lipinski definition) is 1. The molecule has 1 N–H and O–H groups in total. The van der Waals surface area contributed by atoms with Crippen LogP contribution in [0.3, 0.4) is 0 Å². The minimum Gasteiger partial charge on any atom is -0.368 e. The molecule has 1 saturated heterocycles. The van der Waals surface area contributed by atoms with E-state index in [2.05, 4.69) is 46.3 Å². The monoisotopic (exact) mass is 441 g/mol. The standard InChI is InChI=1S/C22H27N5O3S/c1-13(2)12-27-20(28)18-17(23-22(27)30)19(31-24-18)21(29)26-9-7-25(8-10-26)16-11-14(3)5-6-15(16)4/h5-6,11,13H,7-10,12H2,1-4H3,(H,23,30). The minimum absolute atomic E-state index is 0.143. The van der Waals surface area contributed by atoms with Crippen LogP contribution in [0, 0.1) is 19.8 Å². The van der Waals surface area contributed by atoms with Crippen LogP contribution in [0.2, 0.25) is 0 Å². The second kappa shape index (κ2) is 8.30. The highest BCUT2D eigenvalue weighted by atomic mass is 32.1. The fraction of sp³-hybridized carbons (Fsp3) is 0.455. The van der Waals surface area contributed by atoms with Crippen molar-refractivity contribution in [3.05, 3.63) is 55.0 Å². The van der Waals surface area contributed by atoms with Crippen molar-refractivity contribution >= 4 is 34.2 Å². The van der Waals surface area contributed by atoms with Gasteiger partial charge in [0, 0.05) is 38.4 Å². The fourth-order valence-corrected chi connectivity index (χ4v) is 4.78. The Hall–Kier alpha value is -2.94. The predicted octanol–water partition coefficient (Wildman–Crippen LogP) is 2.38. The van der Waals surface area contributed by atoms with Gasteiger partial charge in [-0.3, -0.25) is 14.2 Å². The average molecular weight is 442 g/mol. The number of piperazine rings is 1. The van der Waals surface area contributed by atoms with Crippen molar-refractivity contribution in [1.82, 2.24) is 18.8 Å². The predicted molar refractivity (Wildman–Crippen MR) is 123 cm³/mol. The Balaban J connectivity index is 1.56. The molecule has 1 aromatic carbocycles. The number of H-pyrrole nitrogens is 1. The molecule has 8 nitrogen and oxygen atoms in total. The SMILES string of the molecule is Cc1ccc(C)c(N2CCN(C(=O)c3snc4c(=O)n(CC(C)C)c(=O)[nH]c34)CC2)c1. The van der Waals surface area contributed by atoms with Gasteiger partial charge >= 0.3 is 5.69 Å². The van der Waals surface area contributed by atoms with Crippen LogP contribution in [0.4, 0.5) is 5.69 Å². The van der Waals surface area contributed by atoms with Gasteiger partial charge in [0.05, 0.1) is 5.52 Å². The first kappa shape index (κ1) is 21.3. The van der Waals surface area contributed by atoms with Crippen molar-refractivity contribution in [2.45, 2.75) is 34.2 Å². The molecule has 3 aromatic rings. The summed E-state index contributed by atoms with van der Waals surface area (Å²) in [6.07, 6.45) is 0. The molecule has 2 aromatic heterocycles. The van der Waals surface area contributed by atoms with Gasteiger partial charge < -0.3 is 14.8 Å². The van der Waals surface area contributed by atoms with Gasteiger partial charge in [0.1, 0.15) is 4.88 Å². The molecular weight excluding hydrogens is 414 g/mol. The number of fused-ring (bicyclic) bond motifs is 1. The molecule has 0 radical (unpaired) electrons. The third kappa shape index (κ3) is 4.01. The van der Waals surface area contributed by atoms with E-state index >= 15 is 0 Å². The number of anilines is 1. The van der Waals surface area contributed by atoms with Crippen molar-refractivity contribution in [2.75, 3.05) is 31.1 Å². The summed E-state index contributed by atoms with van der Waals surface area (Å²) in [7, 11) is 0. The van der Waals surface area contributed by atoms with E-state index in [-0.39, 0.29) is 22.9 Å². The van der Waals surface area contributed by atoms with Crippen LogP contribution in [0.5, 0.6) is 0 Å². The molecule has 0 aliphatic carbocycles. The molecule has 31 heavy (non-hydrogen) atoms. The molecule has 0 spiro atoms. The van der Waals surface area contributed by atoms with E-state index in [0.717, 1.165) is 29.2 Å². The highest BCUT2D eigenvalue weighted by Crippen LogP contribution is 2.24. The van der Waals surface area contributed by atoms with Gasteiger partial charge in [0.25, 0.3) is 11.5 Å². The summed E-state index contributed by atoms with van der Waals surface area (Å²) < 4.78 is 5.36. The van der Waals surface area contributed by atoms with Gasteiger partial charge in [0.15, 0.2) is 5.52 Å². The highest BCUT2D eigenvalue weighted by Gasteiger charge is 2.27. The van der Waals surface area contributed by atoms with Crippen LogP contribution >= 0.6 is 11.5 Å². The molecule has 1 fully saturated rings. The van der Waals surface area contributed by atoms with Crippen LogP contribution in [0.15, 0.2) is 27.8 Å². The van der Waals surface area contributed by atoms with Gasteiger partial charge in [-0.25, -0.2) is 4.79 Å². The van der Waals surface area contributed by atoms with Gasteiger partial charge in [-0.05, 0) is 48.5 Å².